The number of likely N-dealkylation sites (tertiary alicyclic amines) is 1. The lowest BCUT2D eigenvalue weighted by Gasteiger charge is -2.21. The minimum atomic E-state index is -0.195. The fourth-order valence-corrected chi connectivity index (χ4v) is 2.72. The molecule has 1 aliphatic heterocycles. The Morgan fingerprint density at radius 2 is 2.27 bits per heavy atom. The van der Waals surface area contributed by atoms with E-state index in [1.807, 2.05) is 14.0 Å². The molecule has 0 spiro atoms. The first kappa shape index (κ1) is 14.5. The van der Waals surface area contributed by atoms with Gasteiger partial charge in [-0.15, -0.1) is 0 Å². The lowest BCUT2D eigenvalue weighted by molar-refractivity contribution is -0.127. The Hall–Kier alpha value is -2.44. The molecule has 3 rings (SSSR count). The van der Waals surface area contributed by atoms with Crippen molar-refractivity contribution in [2.75, 3.05) is 13.1 Å². The van der Waals surface area contributed by atoms with Crippen LogP contribution in [0.4, 0.5) is 0 Å². The van der Waals surface area contributed by atoms with Crippen molar-refractivity contribution in [1.82, 2.24) is 24.8 Å². The topological polar surface area (TPSA) is 80.1 Å². The molecule has 7 heteroatoms. The van der Waals surface area contributed by atoms with Crippen LogP contribution in [0.15, 0.2) is 18.6 Å². The summed E-state index contributed by atoms with van der Waals surface area (Å²) in [6, 6.07) is 1.62. The molecule has 0 saturated carbocycles. The van der Waals surface area contributed by atoms with Crippen molar-refractivity contribution in [3.05, 3.63) is 24.2 Å². The smallest absolute Gasteiger partial charge is 0.253 e. The van der Waals surface area contributed by atoms with Crippen LogP contribution in [-0.4, -0.2) is 50.4 Å². The molecule has 7 nitrogen and oxygen atoms in total. The molecule has 0 bridgehead atoms. The summed E-state index contributed by atoms with van der Waals surface area (Å²) in [5.74, 6) is -0.0307. The predicted octanol–water partition coefficient (Wildman–Crippen LogP) is 0.709. The number of aromatic nitrogens is 3. The number of nitrogens with one attached hydrogen (secondary N) is 1. The monoisotopic (exact) mass is 301 g/mol. The zero-order chi connectivity index (χ0) is 15.7. The van der Waals surface area contributed by atoms with E-state index in [-0.39, 0.29) is 17.9 Å². The molecule has 1 fully saturated rings. The zero-order valence-corrected chi connectivity index (χ0v) is 12.7. The fourth-order valence-electron chi connectivity index (χ4n) is 2.72. The van der Waals surface area contributed by atoms with E-state index in [0.717, 1.165) is 18.6 Å². The van der Waals surface area contributed by atoms with E-state index >= 15 is 0 Å². The number of fused-ring (bicyclic) bond motifs is 1. The van der Waals surface area contributed by atoms with Crippen molar-refractivity contribution in [1.29, 1.82) is 0 Å². The summed E-state index contributed by atoms with van der Waals surface area (Å²) in [4.78, 5) is 34.1. The number of hydrogen-bond donors (Lipinski definition) is 1. The first-order valence-electron chi connectivity index (χ1n) is 7.40. The second-order valence-corrected chi connectivity index (χ2v) is 5.74. The van der Waals surface area contributed by atoms with E-state index in [0.29, 0.717) is 24.0 Å². The highest BCUT2D eigenvalue weighted by molar-refractivity contribution is 5.96. The summed E-state index contributed by atoms with van der Waals surface area (Å²) >= 11 is 0. The van der Waals surface area contributed by atoms with E-state index in [2.05, 4.69) is 15.3 Å². The van der Waals surface area contributed by atoms with Gasteiger partial charge < -0.3 is 14.8 Å². The average molecular weight is 301 g/mol. The molecule has 1 saturated heterocycles. The molecule has 2 aromatic heterocycles. The minimum absolute atomic E-state index is 0.103. The quantitative estimate of drug-likeness (QED) is 0.902. The van der Waals surface area contributed by atoms with Gasteiger partial charge >= 0.3 is 0 Å². The van der Waals surface area contributed by atoms with E-state index in [9.17, 15) is 9.59 Å². The number of rotatable bonds is 4. The first-order chi connectivity index (χ1) is 10.5. The SMILES string of the molecule is CC(CN1CCCC1=O)NC(=O)c1cnc2c(c1)ncn2C. The number of aryl methyl sites for hydroxylation is 1. The maximum atomic E-state index is 12.3. The number of nitrogens with zero attached hydrogens (tertiary/aromatic N) is 4. The second-order valence-electron chi connectivity index (χ2n) is 5.74. The van der Waals surface area contributed by atoms with Crippen LogP contribution in [0.2, 0.25) is 0 Å². The Labute approximate surface area is 128 Å². The van der Waals surface area contributed by atoms with E-state index in [1.54, 1.807) is 28.1 Å². The van der Waals surface area contributed by atoms with Crippen LogP contribution >= 0.6 is 0 Å². The van der Waals surface area contributed by atoms with E-state index in [1.165, 1.54) is 0 Å². The summed E-state index contributed by atoms with van der Waals surface area (Å²) in [5.41, 5.74) is 1.91. The molecule has 0 radical (unpaired) electrons. The second kappa shape index (κ2) is 5.75. The Bertz CT molecular complexity index is 724. The largest absolute Gasteiger partial charge is 0.348 e. The van der Waals surface area contributed by atoms with Gasteiger partial charge in [-0.25, -0.2) is 9.97 Å². The Kier molecular flexibility index (Phi) is 3.79. The summed E-state index contributed by atoms with van der Waals surface area (Å²) in [7, 11) is 1.86. The number of pyridine rings is 1. The van der Waals surface area contributed by atoms with Gasteiger partial charge in [0.05, 0.1) is 11.9 Å². The van der Waals surface area contributed by atoms with Crippen molar-refractivity contribution in [2.45, 2.75) is 25.8 Å². The van der Waals surface area contributed by atoms with Gasteiger partial charge in [0.1, 0.15) is 5.52 Å². The Balaban J connectivity index is 1.65. The molecule has 1 unspecified atom stereocenters. The zero-order valence-electron chi connectivity index (χ0n) is 12.7. The molecule has 0 aromatic carbocycles. The number of amides is 2. The van der Waals surface area contributed by atoms with Crippen LogP contribution in [0.25, 0.3) is 11.2 Å². The van der Waals surface area contributed by atoms with E-state index < -0.39 is 0 Å². The Morgan fingerprint density at radius 3 is 3.00 bits per heavy atom. The third-order valence-corrected chi connectivity index (χ3v) is 3.86. The van der Waals surface area contributed by atoms with Gasteiger partial charge in [-0.3, -0.25) is 9.59 Å². The number of carbonyl (C=O) groups excluding carboxylic acids is 2. The van der Waals surface area contributed by atoms with Gasteiger partial charge in [0, 0.05) is 38.8 Å². The van der Waals surface area contributed by atoms with Gasteiger partial charge in [0.2, 0.25) is 5.91 Å². The van der Waals surface area contributed by atoms with Crippen LogP contribution in [-0.2, 0) is 11.8 Å². The van der Waals surface area contributed by atoms with Crippen LogP contribution < -0.4 is 5.32 Å². The minimum Gasteiger partial charge on any atom is -0.348 e. The lowest BCUT2D eigenvalue weighted by atomic mass is 10.2. The molecule has 2 amide bonds. The van der Waals surface area contributed by atoms with Crippen molar-refractivity contribution >= 4 is 23.0 Å². The van der Waals surface area contributed by atoms with Gasteiger partial charge in [-0.05, 0) is 19.4 Å². The van der Waals surface area contributed by atoms with Crippen LogP contribution in [0, 0.1) is 0 Å². The lowest BCUT2D eigenvalue weighted by Crippen LogP contribution is -2.42. The van der Waals surface area contributed by atoms with Crippen LogP contribution in [0.1, 0.15) is 30.1 Å². The molecule has 0 aliphatic carbocycles. The molecular weight excluding hydrogens is 282 g/mol. The molecule has 2 aromatic rings. The summed E-state index contributed by atoms with van der Waals surface area (Å²) in [5, 5.41) is 2.91. The summed E-state index contributed by atoms with van der Waals surface area (Å²) in [6.07, 6.45) is 4.73. The average Bonchev–Trinajstić information content (AvgIpc) is 3.05. The normalized spacial score (nSPS) is 16.3. The molecule has 22 heavy (non-hydrogen) atoms. The molecule has 116 valence electrons. The van der Waals surface area contributed by atoms with Crippen molar-refractivity contribution in [2.24, 2.45) is 7.05 Å². The predicted molar refractivity (Wildman–Crippen MR) is 81.3 cm³/mol. The van der Waals surface area contributed by atoms with Crippen molar-refractivity contribution in [3.8, 4) is 0 Å². The molecule has 3 heterocycles. The highest BCUT2D eigenvalue weighted by Gasteiger charge is 2.22. The molecular formula is C15H19N5O2. The number of imidazole rings is 1. The van der Waals surface area contributed by atoms with Gasteiger partial charge in [0.25, 0.3) is 5.91 Å². The third-order valence-electron chi connectivity index (χ3n) is 3.86. The third kappa shape index (κ3) is 2.79. The number of hydrogen-bond acceptors (Lipinski definition) is 4. The summed E-state index contributed by atoms with van der Waals surface area (Å²) < 4.78 is 1.80. The fraction of sp³-hybridized carbons (Fsp3) is 0.467. The molecule has 1 N–H and O–H groups in total. The van der Waals surface area contributed by atoms with E-state index in [4.69, 9.17) is 0 Å². The van der Waals surface area contributed by atoms with Crippen LogP contribution in [0.3, 0.4) is 0 Å². The van der Waals surface area contributed by atoms with Gasteiger partial charge in [0.15, 0.2) is 5.65 Å². The number of carbonyl (C=O) groups is 2. The standard InChI is InChI=1S/C15H19N5O2/c1-10(8-20-5-3-4-13(20)21)18-15(22)11-6-12-14(16-7-11)19(2)9-17-12/h6-7,9-10H,3-5,8H2,1-2H3,(H,18,22). The van der Waals surface area contributed by atoms with Crippen molar-refractivity contribution < 1.29 is 9.59 Å². The Morgan fingerprint density at radius 1 is 1.45 bits per heavy atom. The van der Waals surface area contributed by atoms with Gasteiger partial charge in [-0.1, -0.05) is 0 Å². The maximum Gasteiger partial charge on any atom is 0.253 e. The summed E-state index contributed by atoms with van der Waals surface area (Å²) in [6.45, 7) is 3.22. The molecule has 1 aliphatic rings. The first-order valence-corrected chi connectivity index (χ1v) is 7.40. The van der Waals surface area contributed by atoms with Crippen molar-refractivity contribution in [3.63, 3.8) is 0 Å². The van der Waals surface area contributed by atoms with Crippen LogP contribution in [0.5, 0.6) is 0 Å². The highest BCUT2D eigenvalue weighted by Crippen LogP contribution is 2.12. The maximum absolute atomic E-state index is 12.3. The highest BCUT2D eigenvalue weighted by atomic mass is 16.2. The van der Waals surface area contributed by atoms with Gasteiger partial charge in [-0.2, -0.15) is 0 Å². The molecule has 1 atom stereocenters.